The number of anilines is 1. The quantitative estimate of drug-likeness (QED) is 0.873. The second-order valence-corrected chi connectivity index (χ2v) is 6.79. The Balaban J connectivity index is 2.26. The summed E-state index contributed by atoms with van der Waals surface area (Å²) in [5.41, 5.74) is 6.44. The van der Waals surface area contributed by atoms with Gasteiger partial charge < -0.3 is 10.6 Å². The summed E-state index contributed by atoms with van der Waals surface area (Å²) < 4.78 is 36.5. The van der Waals surface area contributed by atoms with Gasteiger partial charge in [-0.25, -0.2) is 17.9 Å². The number of nitrogens with zero attached hydrogens (tertiary/aromatic N) is 1. The molecule has 0 aromatic heterocycles. The second-order valence-electron chi connectivity index (χ2n) is 5.23. The number of benzene rings is 1. The molecule has 1 aliphatic rings. The van der Waals surface area contributed by atoms with Crippen molar-refractivity contribution in [2.75, 3.05) is 18.0 Å². The lowest BCUT2D eigenvalue weighted by Gasteiger charge is -2.38. The number of nitrogens with two attached hydrogens (primary N) is 2. The highest BCUT2D eigenvalue weighted by atomic mass is 32.2. The van der Waals surface area contributed by atoms with Gasteiger partial charge in [-0.15, -0.1) is 0 Å². The summed E-state index contributed by atoms with van der Waals surface area (Å²) >= 11 is 0. The molecule has 0 bridgehead atoms. The molecule has 2 atom stereocenters. The minimum absolute atomic E-state index is 0.142. The fraction of sp³-hybridized carbons (Fsp3) is 0.538. The van der Waals surface area contributed by atoms with Crippen molar-refractivity contribution < 1.29 is 12.8 Å². The van der Waals surface area contributed by atoms with Crippen molar-refractivity contribution in [1.29, 1.82) is 0 Å². The Hall–Kier alpha value is -1.18. The molecule has 1 aromatic carbocycles. The number of halogens is 1. The number of primary sulfonamides is 1. The van der Waals surface area contributed by atoms with E-state index in [9.17, 15) is 12.8 Å². The largest absolute Gasteiger partial charge is 0.369 e. The Morgan fingerprint density at radius 3 is 2.70 bits per heavy atom. The summed E-state index contributed by atoms with van der Waals surface area (Å²) in [6.45, 7) is 3.42. The lowest BCUT2D eigenvalue weighted by Crippen LogP contribution is -2.47. The monoisotopic (exact) mass is 301 g/mol. The normalized spacial score (nSPS) is 23.9. The van der Waals surface area contributed by atoms with Crippen LogP contribution in [-0.2, 0) is 10.0 Å². The standard InChI is InChI=1S/C13H20FN3O2S/c1-2-9-8-17(6-5-12(9)15)13-4-3-10(7-11(13)14)20(16,18)19/h3-4,7,9,12H,2,5-6,8,15H2,1H3,(H2,16,18,19). The highest BCUT2D eigenvalue weighted by Crippen LogP contribution is 2.27. The second kappa shape index (κ2) is 5.67. The van der Waals surface area contributed by atoms with Crippen molar-refractivity contribution in [2.45, 2.75) is 30.7 Å². The molecule has 1 aliphatic heterocycles. The van der Waals surface area contributed by atoms with E-state index in [4.69, 9.17) is 10.9 Å². The van der Waals surface area contributed by atoms with Gasteiger partial charge in [0.2, 0.25) is 10.0 Å². The molecule has 4 N–H and O–H groups in total. The van der Waals surface area contributed by atoms with Crippen molar-refractivity contribution in [3.63, 3.8) is 0 Å². The molecule has 0 amide bonds. The SMILES string of the molecule is CCC1CN(c2ccc(S(N)(=O)=O)cc2F)CCC1N. The van der Waals surface area contributed by atoms with Crippen molar-refractivity contribution in [2.24, 2.45) is 16.8 Å². The first-order chi connectivity index (χ1) is 9.32. The Labute approximate surface area is 118 Å². The Morgan fingerprint density at radius 2 is 2.15 bits per heavy atom. The van der Waals surface area contributed by atoms with Gasteiger partial charge in [0.25, 0.3) is 0 Å². The molecule has 5 nitrogen and oxygen atoms in total. The Bertz CT molecular complexity index is 591. The summed E-state index contributed by atoms with van der Waals surface area (Å²) in [6, 6.07) is 3.92. The molecule has 1 fully saturated rings. The number of hydrogen-bond donors (Lipinski definition) is 2. The Kier molecular flexibility index (Phi) is 4.31. The summed E-state index contributed by atoms with van der Waals surface area (Å²) in [6.07, 6.45) is 1.74. The zero-order chi connectivity index (χ0) is 14.9. The lowest BCUT2D eigenvalue weighted by molar-refractivity contribution is 0.346. The zero-order valence-corrected chi connectivity index (χ0v) is 12.2. The minimum Gasteiger partial charge on any atom is -0.369 e. The van der Waals surface area contributed by atoms with Crippen LogP contribution in [0.5, 0.6) is 0 Å². The van der Waals surface area contributed by atoms with Crippen LogP contribution in [0.15, 0.2) is 23.1 Å². The summed E-state index contributed by atoms with van der Waals surface area (Å²) in [7, 11) is -3.88. The third-order valence-electron chi connectivity index (χ3n) is 3.91. The molecular formula is C13H20FN3O2S. The summed E-state index contributed by atoms with van der Waals surface area (Å²) in [4.78, 5) is 1.71. The highest BCUT2D eigenvalue weighted by Gasteiger charge is 2.27. The van der Waals surface area contributed by atoms with Crippen LogP contribution >= 0.6 is 0 Å². The number of piperidine rings is 1. The molecule has 0 spiro atoms. The van der Waals surface area contributed by atoms with Crippen molar-refractivity contribution in [1.82, 2.24) is 0 Å². The van der Waals surface area contributed by atoms with Gasteiger partial charge in [-0.2, -0.15) is 0 Å². The predicted octanol–water partition coefficient (Wildman–Crippen LogP) is 1.04. The first kappa shape index (κ1) is 15.2. The van der Waals surface area contributed by atoms with E-state index < -0.39 is 15.8 Å². The van der Waals surface area contributed by atoms with E-state index in [0.29, 0.717) is 24.7 Å². The summed E-state index contributed by atoms with van der Waals surface area (Å²) in [5, 5.41) is 4.99. The van der Waals surface area contributed by atoms with Crippen LogP contribution in [0.1, 0.15) is 19.8 Å². The average molecular weight is 301 g/mol. The first-order valence-electron chi connectivity index (χ1n) is 6.65. The smallest absolute Gasteiger partial charge is 0.238 e. The molecule has 0 radical (unpaired) electrons. The molecule has 7 heteroatoms. The van der Waals surface area contributed by atoms with Crippen LogP contribution < -0.4 is 15.8 Å². The maximum absolute atomic E-state index is 14.1. The van der Waals surface area contributed by atoms with Gasteiger partial charge in [-0.1, -0.05) is 13.3 Å². The van der Waals surface area contributed by atoms with Gasteiger partial charge in [0, 0.05) is 19.1 Å². The van der Waals surface area contributed by atoms with Gasteiger partial charge in [0.15, 0.2) is 0 Å². The van der Waals surface area contributed by atoms with Crippen molar-refractivity contribution in [3.8, 4) is 0 Å². The Morgan fingerprint density at radius 1 is 1.45 bits per heavy atom. The number of rotatable bonds is 3. The molecule has 1 heterocycles. The molecule has 2 unspecified atom stereocenters. The van der Waals surface area contributed by atoms with E-state index in [2.05, 4.69) is 6.92 Å². The van der Waals surface area contributed by atoms with Gasteiger partial charge in [0.1, 0.15) is 5.82 Å². The maximum Gasteiger partial charge on any atom is 0.238 e. The molecule has 0 aliphatic carbocycles. The van der Waals surface area contributed by atoms with E-state index in [-0.39, 0.29) is 10.9 Å². The van der Waals surface area contributed by atoms with Crippen LogP contribution in [0.3, 0.4) is 0 Å². The third-order valence-corrected chi connectivity index (χ3v) is 4.82. The minimum atomic E-state index is -3.88. The van der Waals surface area contributed by atoms with Crippen molar-refractivity contribution in [3.05, 3.63) is 24.0 Å². The fourth-order valence-electron chi connectivity index (χ4n) is 2.62. The zero-order valence-electron chi connectivity index (χ0n) is 11.4. The predicted molar refractivity (Wildman–Crippen MR) is 76.4 cm³/mol. The molecule has 2 rings (SSSR count). The van der Waals surface area contributed by atoms with Gasteiger partial charge >= 0.3 is 0 Å². The molecular weight excluding hydrogens is 281 g/mol. The third kappa shape index (κ3) is 3.11. The van der Waals surface area contributed by atoms with Crippen LogP contribution in [0.4, 0.5) is 10.1 Å². The molecule has 20 heavy (non-hydrogen) atoms. The first-order valence-corrected chi connectivity index (χ1v) is 8.20. The van der Waals surface area contributed by atoms with E-state index in [1.165, 1.54) is 12.1 Å². The maximum atomic E-state index is 14.1. The number of hydrogen-bond acceptors (Lipinski definition) is 4. The molecule has 0 saturated carbocycles. The fourth-order valence-corrected chi connectivity index (χ4v) is 3.15. The van der Waals surface area contributed by atoms with E-state index in [0.717, 1.165) is 18.9 Å². The average Bonchev–Trinajstić information content (AvgIpc) is 2.38. The molecule has 1 aromatic rings. The van der Waals surface area contributed by atoms with Crippen molar-refractivity contribution >= 4 is 15.7 Å². The van der Waals surface area contributed by atoms with Gasteiger partial charge in [-0.3, -0.25) is 0 Å². The van der Waals surface area contributed by atoms with Crippen LogP contribution in [0.2, 0.25) is 0 Å². The molecule has 1 saturated heterocycles. The van der Waals surface area contributed by atoms with Gasteiger partial charge in [-0.05, 0) is 30.5 Å². The highest BCUT2D eigenvalue weighted by molar-refractivity contribution is 7.89. The summed E-state index contributed by atoms with van der Waals surface area (Å²) in [5.74, 6) is -0.247. The molecule has 112 valence electrons. The van der Waals surface area contributed by atoms with Crippen LogP contribution in [0, 0.1) is 11.7 Å². The van der Waals surface area contributed by atoms with Crippen LogP contribution in [-0.4, -0.2) is 27.5 Å². The van der Waals surface area contributed by atoms with Crippen LogP contribution in [0.25, 0.3) is 0 Å². The van der Waals surface area contributed by atoms with E-state index in [1.54, 1.807) is 0 Å². The van der Waals surface area contributed by atoms with E-state index in [1.807, 2.05) is 4.90 Å². The lowest BCUT2D eigenvalue weighted by atomic mass is 9.90. The van der Waals surface area contributed by atoms with E-state index >= 15 is 0 Å². The van der Waals surface area contributed by atoms with Gasteiger partial charge in [0.05, 0.1) is 10.6 Å². The number of sulfonamides is 1. The topological polar surface area (TPSA) is 89.4 Å².